The number of amides is 1. The monoisotopic (exact) mass is 259 g/mol. The summed E-state index contributed by atoms with van der Waals surface area (Å²) in [5.74, 6) is 0.297. The van der Waals surface area contributed by atoms with Gasteiger partial charge >= 0.3 is 0 Å². The van der Waals surface area contributed by atoms with E-state index in [1.165, 1.54) is 18.4 Å². The fraction of sp³-hybridized carbons (Fsp3) is 0.600. The number of aromatic nitrogens is 1. The minimum Gasteiger partial charge on any atom is -0.341 e. The second kappa shape index (κ2) is 5.70. The summed E-state index contributed by atoms with van der Waals surface area (Å²) in [5, 5.41) is 3.61. The molecule has 19 heavy (non-hydrogen) atoms. The lowest BCUT2D eigenvalue weighted by atomic mass is 10.1. The standard InChI is InChI=1S/C15H21N3O/c19-15(4-1-12-5-8-16-9-6-12)18-10-7-13-2-3-14(11-18)17-13/h5-6,8-9,13-14,17H,1-4,7,10-11H2. The molecule has 2 fully saturated rings. The maximum absolute atomic E-state index is 12.3. The van der Waals surface area contributed by atoms with Gasteiger partial charge in [-0.05, 0) is 43.4 Å². The third-order valence-corrected chi connectivity index (χ3v) is 4.25. The topological polar surface area (TPSA) is 45.2 Å². The molecular weight excluding hydrogens is 238 g/mol. The molecule has 2 bridgehead atoms. The molecule has 1 N–H and O–H groups in total. The molecule has 2 unspecified atom stereocenters. The predicted octanol–water partition coefficient (Wildman–Crippen LogP) is 1.37. The van der Waals surface area contributed by atoms with E-state index < -0.39 is 0 Å². The van der Waals surface area contributed by atoms with Gasteiger partial charge in [0.25, 0.3) is 0 Å². The zero-order valence-corrected chi connectivity index (χ0v) is 11.2. The lowest BCUT2D eigenvalue weighted by Crippen LogP contribution is -2.39. The number of fused-ring (bicyclic) bond motifs is 2. The molecule has 2 aliphatic rings. The van der Waals surface area contributed by atoms with Crippen LogP contribution in [0.25, 0.3) is 0 Å². The number of nitrogens with zero attached hydrogens (tertiary/aromatic N) is 2. The van der Waals surface area contributed by atoms with Gasteiger partial charge in [-0.15, -0.1) is 0 Å². The Bertz CT molecular complexity index is 434. The highest BCUT2D eigenvalue weighted by Crippen LogP contribution is 2.21. The van der Waals surface area contributed by atoms with Crippen LogP contribution in [-0.2, 0) is 11.2 Å². The van der Waals surface area contributed by atoms with Gasteiger partial charge in [-0.1, -0.05) is 0 Å². The Balaban J connectivity index is 1.52. The largest absolute Gasteiger partial charge is 0.341 e. The van der Waals surface area contributed by atoms with Crippen LogP contribution < -0.4 is 5.32 Å². The summed E-state index contributed by atoms with van der Waals surface area (Å²) in [6, 6.07) is 5.14. The second-order valence-electron chi connectivity index (χ2n) is 5.62. The van der Waals surface area contributed by atoms with Crippen molar-refractivity contribution < 1.29 is 4.79 Å². The minimum atomic E-state index is 0.297. The van der Waals surface area contributed by atoms with Crippen molar-refractivity contribution in [3.8, 4) is 0 Å². The van der Waals surface area contributed by atoms with Gasteiger partial charge in [-0.3, -0.25) is 9.78 Å². The molecule has 1 aromatic heterocycles. The summed E-state index contributed by atoms with van der Waals surface area (Å²) < 4.78 is 0. The first-order chi connectivity index (χ1) is 9.31. The van der Waals surface area contributed by atoms with Crippen LogP contribution in [0.15, 0.2) is 24.5 Å². The van der Waals surface area contributed by atoms with Crippen LogP contribution in [0.1, 0.15) is 31.2 Å². The number of nitrogens with one attached hydrogen (secondary N) is 1. The molecule has 4 heteroatoms. The van der Waals surface area contributed by atoms with Gasteiger partial charge in [0.15, 0.2) is 0 Å². The van der Waals surface area contributed by atoms with Gasteiger partial charge in [0.05, 0.1) is 0 Å². The molecule has 0 spiro atoms. The van der Waals surface area contributed by atoms with Gasteiger partial charge in [0.2, 0.25) is 5.91 Å². The van der Waals surface area contributed by atoms with E-state index >= 15 is 0 Å². The van der Waals surface area contributed by atoms with Gasteiger partial charge in [0.1, 0.15) is 0 Å². The smallest absolute Gasteiger partial charge is 0.222 e. The Morgan fingerprint density at radius 2 is 2.05 bits per heavy atom. The highest BCUT2D eigenvalue weighted by atomic mass is 16.2. The molecule has 2 saturated heterocycles. The number of carbonyl (C=O) groups is 1. The number of hydrogen-bond donors (Lipinski definition) is 1. The quantitative estimate of drug-likeness (QED) is 0.891. The first-order valence-electron chi connectivity index (χ1n) is 7.24. The third-order valence-electron chi connectivity index (χ3n) is 4.25. The predicted molar refractivity (Wildman–Crippen MR) is 73.7 cm³/mol. The van der Waals surface area contributed by atoms with Crippen molar-refractivity contribution in [3.05, 3.63) is 30.1 Å². The van der Waals surface area contributed by atoms with Crippen LogP contribution in [0.5, 0.6) is 0 Å². The third kappa shape index (κ3) is 3.13. The van der Waals surface area contributed by atoms with Crippen molar-refractivity contribution in [2.24, 2.45) is 0 Å². The van der Waals surface area contributed by atoms with Crippen molar-refractivity contribution in [2.75, 3.05) is 13.1 Å². The molecule has 4 nitrogen and oxygen atoms in total. The maximum Gasteiger partial charge on any atom is 0.222 e. The van der Waals surface area contributed by atoms with E-state index in [0.29, 0.717) is 24.4 Å². The highest BCUT2D eigenvalue weighted by molar-refractivity contribution is 5.76. The van der Waals surface area contributed by atoms with Crippen LogP contribution >= 0.6 is 0 Å². The average Bonchev–Trinajstić information content (AvgIpc) is 2.77. The van der Waals surface area contributed by atoms with Crippen molar-refractivity contribution in [1.82, 2.24) is 15.2 Å². The van der Waals surface area contributed by atoms with Crippen molar-refractivity contribution in [2.45, 2.75) is 44.2 Å². The Morgan fingerprint density at radius 3 is 2.89 bits per heavy atom. The van der Waals surface area contributed by atoms with Crippen LogP contribution in [0, 0.1) is 0 Å². The summed E-state index contributed by atoms with van der Waals surface area (Å²) in [5.41, 5.74) is 1.19. The molecule has 2 atom stereocenters. The number of rotatable bonds is 3. The van der Waals surface area contributed by atoms with Crippen LogP contribution in [0.3, 0.4) is 0 Å². The molecule has 0 aromatic carbocycles. The summed E-state index contributed by atoms with van der Waals surface area (Å²) >= 11 is 0. The summed E-state index contributed by atoms with van der Waals surface area (Å²) in [4.78, 5) is 18.3. The van der Waals surface area contributed by atoms with Gasteiger partial charge in [0, 0.05) is 44.0 Å². The Morgan fingerprint density at radius 1 is 1.26 bits per heavy atom. The summed E-state index contributed by atoms with van der Waals surface area (Å²) in [6.07, 6.45) is 8.62. The Kier molecular flexibility index (Phi) is 3.78. The molecule has 102 valence electrons. The molecule has 1 aromatic rings. The van der Waals surface area contributed by atoms with Crippen molar-refractivity contribution >= 4 is 5.91 Å². The molecule has 0 aliphatic carbocycles. The fourth-order valence-corrected chi connectivity index (χ4v) is 3.13. The average molecular weight is 259 g/mol. The lowest BCUT2D eigenvalue weighted by molar-refractivity contribution is -0.131. The second-order valence-corrected chi connectivity index (χ2v) is 5.62. The fourth-order valence-electron chi connectivity index (χ4n) is 3.13. The highest BCUT2D eigenvalue weighted by Gasteiger charge is 2.30. The van der Waals surface area contributed by atoms with Crippen LogP contribution in [0.4, 0.5) is 0 Å². The van der Waals surface area contributed by atoms with Crippen molar-refractivity contribution in [1.29, 1.82) is 0 Å². The van der Waals surface area contributed by atoms with Gasteiger partial charge in [-0.25, -0.2) is 0 Å². The van der Waals surface area contributed by atoms with E-state index in [1.807, 2.05) is 12.1 Å². The molecule has 3 rings (SSSR count). The van der Waals surface area contributed by atoms with Gasteiger partial charge < -0.3 is 10.2 Å². The zero-order chi connectivity index (χ0) is 13.1. The van der Waals surface area contributed by atoms with Gasteiger partial charge in [-0.2, -0.15) is 0 Å². The van der Waals surface area contributed by atoms with Crippen LogP contribution in [0.2, 0.25) is 0 Å². The van der Waals surface area contributed by atoms with Crippen LogP contribution in [-0.4, -0.2) is 41.0 Å². The first-order valence-corrected chi connectivity index (χ1v) is 7.24. The first kappa shape index (κ1) is 12.6. The Hall–Kier alpha value is -1.42. The summed E-state index contributed by atoms with van der Waals surface area (Å²) in [6.45, 7) is 1.81. The zero-order valence-electron chi connectivity index (χ0n) is 11.2. The SMILES string of the molecule is O=C(CCc1ccncc1)N1CCC2CCC(C1)N2. The van der Waals surface area contributed by atoms with E-state index in [4.69, 9.17) is 0 Å². The van der Waals surface area contributed by atoms with E-state index in [9.17, 15) is 4.79 Å². The Labute approximate surface area is 114 Å². The number of pyridine rings is 1. The molecule has 0 radical (unpaired) electrons. The molecular formula is C15H21N3O. The number of hydrogen-bond acceptors (Lipinski definition) is 3. The molecule has 3 heterocycles. The number of carbonyl (C=O) groups excluding carboxylic acids is 1. The van der Waals surface area contributed by atoms with E-state index in [1.54, 1.807) is 12.4 Å². The number of aryl methyl sites for hydroxylation is 1. The van der Waals surface area contributed by atoms with E-state index in [-0.39, 0.29) is 0 Å². The van der Waals surface area contributed by atoms with Crippen molar-refractivity contribution in [3.63, 3.8) is 0 Å². The molecule has 2 aliphatic heterocycles. The summed E-state index contributed by atoms with van der Waals surface area (Å²) in [7, 11) is 0. The lowest BCUT2D eigenvalue weighted by Gasteiger charge is -2.24. The minimum absolute atomic E-state index is 0.297. The molecule has 0 saturated carbocycles. The number of likely N-dealkylation sites (tertiary alicyclic amines) is 1. The van der Waals surface area contributed by atoms with E-state index in [0.717, 1.165) is 25.9 Å². The van der Waals surface area contributed by atoms with E-state index in [2.05, 4.69) is 15.2 Å². The molecule has 1 amide bonds. The normalized spacial score (nSPS) is 26.2. The maximum atomic E-state index is 12.3.